The highest BCUT2D eigenvalue weighted by Crippen LogP contribution is 2.50. The predicted molar refractivity (Wildman–Crippen MR) is 81.8 cm³/mol. The van der Waals surface area contributed by atoms with Crippen molar-refractivity contribution in [2.45, 2.75) is 38.2 Å². The summed E-state index contributed by atoms with van der Waals surface area (Å²) >= 11 is 0. The number of benzene rings is 2. The second-order valence-electron chi connectivity index (χ2n) is 6.59. The van der Waals surface area contributed by atoms with Crippen LogP contribution >= 0.6 is 0 Å². The molecule has 2 aromatic rings. The Kier molecular flexibility index (Phi) is 2.90. The number of phenolic OH excluding ortho intramolecular Hbond substituents is 2. The first-order valence-electron chi connectivity index (χ1n) is 7.13. The van der Waals surface area contributed by atoms with Crippen LogP contribution in [0.5, 0.6) is 17.2 Å². The Morgan fingerprint density at radius 1 is 0.952 bits per heavy atom. The second kappa shape index (κ2) is 4.42. The molecule has 0 fully saturated rings. The van der Waals surface area contributed by atoms with Gasteiger partial charge in [-0.25, -0.2) is 0 Å². The van der Waals surface area contributed by atoms with Gasteiger partial charge in [0.25, 0.3) is 0 Å². The molecule has 0 bridgehead atoms. The second-order valence-corrected chi connectivity index (χ2v) is 6.59. The van der Waals surface area contributed by atoms with Crippen molar-refractivity contribution in [2.75, 3.05) is 0 Å². The molecule has 0 spiro atoms. The summed E-state index contributed by atoms with van der Waals surface area (Å²) < 4.78 is 6.22. The summed E-state index contributed by atoms with van der Waals surface area (Å²) in [6.07, 6.45) is 0.745. The van der Waals surface area contributed by atoms with Crippen LogP contribution in [0.1, 0.15) is 38.3 Å². The molecule has 21 heavy (non-hydrogen) atoms. The molecule has 110 valence electrons. The van der Waals surface area contributed by atoms with Crippen molar-refractivity contribution in [3.8, 4) is 17.2 Å². The van der Waals surface area contributed by atoms with Gasteiger partial charge in [0.2, 0.25) is 0 Å². The van der Waals surface area contributed by atoms with Gasteiger partial charge in [0, 0.05) is 18.1 Å². The van der Waals surface area contributed by atoms with Crippen molar-refractivity contribution in [3.05, 3.63) is 53.6 Å². The minimum atomic E-state index is -0.629. The third kappa shape index (κ3) is 2.23. The number of aromatic hydroxyl groups is 2. The summed E-state index contributed by atoms with van der Waals surface area (Å²) in [4.78, 5) is 0. The molecule has 0 saturated heterocycles. The van der Waals surface area contributed by atoms with E-state index in [1.807, 2.05) is 25.1 Å². The lowest BCUT2D eigenvalue weighted by atomic mass is 9.71. The number of hydrogen-bond donors (Lipinski definition) is 2. The van der Waals surface area contributed by atoms with Gasteiger partial charge < -0.3 is 14.9 Å². The molecule has 1 atom stereocenters. The molecule has 1 aliphatic heterocycles. The molecule has 2 N–H and O–H groups in total. The van der Waals surface area contributed by atoms with Gasteiger partial charge in [-0.1, -0.05) is 32.0 Å². The molecule has 1 aliphatic rings. The first-order valence-corrected chi connectivity index (χ1v) is 7.13. The van der Waals surface area contributed by atoms with Gasteiger partial charge in [0.1, 0.15) is 22.8 Å². The van der Waals surface area contributed by atoms with Crippen LogP contribution in [0.25, 0.3) is 0 Å². The van der Waals surface area contributed by atoms with Gasteiger partial charge in [-0.2, -0.15) is 0 Å². The molecule has 3 rings (SSSR count). The number of phenols is 2. The third-order valence-corrected chi connectivity index (χ3v) is 4.28. The number of hydrogen-bond acceptors (Lipinski definition) is 3. The molecule has 3 heteroatoms. The molecule has 3 nitrogen and oxygen atoms in total. The van der Waals surface area contributed by atoms with Crippen molar-refractivity contribution in [3.63, 3.8) is 0 Å². The van der Waals surface area contributed by atoms with Gasteiger partial charge in [-0.05, 0) is 36.1 Å². The van der Waals surface area contributed by atoms with Crippen molar-refractivity contribution in [1.82, 2.24) is 0 Å². The van der Waals surface area contributed by atoms with Crippen LogP contribution in [0.2, 0.25) is 0 Å². The minimum Gasteiger partial charge on any atom is -0.508 e. The summed E-state index contributed by atoms with van der Waals surface area (Å²) in [6, 6.07) is 12.7. The van der Waals surface area contributed by atoms with Crippen LogP contribution in [0.3, 0.4) is 0 Å². The summed E-state index contributed by atoms with van der Waals surface area (Å²) in [5, 5.41) is 19.7. The molecule has 1 heterocycles. The number of rotatable bonds is 1. The fraction of sp³-hybridized carbons (Fsp3) is 0.333. The number of ether oxygens (including phenoxy) is 1. The van der Waals surface area contributed by atoms with Crippen molar-refractivity contribution in [1.29, 1.82) is 0 Å². The van der Waals surface area contributed by atoms with Gasteiger partial charge >= 0.3 is 0 Å². The van der Waals surface area contributed by atoms with E-state index in [-0.39, 0.29) is 16.9 Å². The van der Waals surface area contributed by atoms with Gasteiger partial charge in [-0.3, -0.25) is 0 Å². The smallest absolute Gasteiger partial charge is 0.136 e. The quantitative estimate of drug-likeness (QED) is 0.829. The molecule has 1 unspecified atom stereocenters. The summed E-state index contributed by atoms with van der Waals surface area (Å²) in [5.74, 6) is 0.965. The fourth-order valence-corrected chi connectivity index (χ4v) is 3.45. The molecule has 0 amide bonds. The van der Waals surface area contributed by atoms with E-state index in [4.69, 9.17) is 4.74 Å². The number of fused-ring (bicyclic) bond motifs is 1. The van der Waals surface area contributed by atoms with Gasteiger partial charge in [0.15, 0.2) is 0 Å². The van der Waals surface area contributed by atoms with E-state index >= 15 is 0 Å². The Balaban J connectivity index is 2.12. The van der Waals surface area contributed by atoms with Crippen LogP contribution in [0.4, 0.5) is 0 Å². The van der Waals surface area contributed by atoms with Crippen LogP contribution in [0.15, 0.2) is 42.5 Å². The van der Waals surface area contributed by atoms with E-state index in [2.05, 4.69) is 19.9 Å². The van der Waals surface area contributed by atoms with Crippen molar-refractivity contribution >= 4 is 0 Å². The van der Waals surface area contributed by atoms with Gasteiger partial charge in [-0.15, -0.1) is 0 Å². The average molecular weight is 284 g/mol. The van der Waals surface area contributed by atoms with Crippen molar-refractivity contribution in [2.24, 2.45) is 0 Å². The molecule has 2 aromatic carbocycles. The number of para-hydroxylation sites is 1. The van der Waals surface area contributed by atoms with Crippen molar-refractivity contribution < 1.29 is 14.9 Å². The predicted octanol–water partition coefficient (Wildman–Crippen LogP) is 4.07. The molecule has 0 aliphatic carbocycles. The normalized spacial score (nSPS) is 23.2. The standard InChI is InChI=1S/C18H20O3/c1-17(2)11-18(3,13-9-8-12(19)10-15(13)20)21-16-7-5-4-6-14(16)17/h4-10,19-20H,11H2,1-3H3. The molecular formula is C18H20O3. The molecule has 0 aromatic heterocycles. The Bertz CT molecular complexity index is 691. The lowest BCUT2D eigenvalue weighted by Gasteiger charge is -2.44. The molecule has 0 saturated carbocycles. The zero-order valence-electron chi connectivity index (χ0n) is 12.6. The first kappa shape index (κ1) is 13.8. The first-order chi connectivity index (χ1) is 9.82. The van der Waals surface area contributed by atoms with Crippen LogP contribution in [0, 0.1) is 0 Å². The maximum atomic E-state index is 10.2. The van der Waals surface area contributed by atoms with E-state index < -0.39 is 5.60 Å². The minimum absolute atomic E-state index is 0.0512. The van der Waals surface area contributed by atoms with E-state index in [0.29, 0.717) is 5.56 Å². The summed E-state index contributed by atoms with van der Waals surface area (Å²) in [5.41, 5.74) is 1.19. The van der Waals surface area contributed by atoms with E-state index in [1.165, 1.54) is 11.6 Å². The molecule has 0 radical (unpaired) electrons. The fourth-order valence-electron chi connectivity index (χ4n) is 3.45. The summed E-state index contributed by atoms with van der Waals surface area (Å²) in [7, 11) is 0. The maximum Gasteiger partial charge on any atom is 0.136 e. The average Bonchev–Trinajstić information content (AvgIpc) is 2.37. The Hall–Kier alpha value is -2.16. The zero-order chi connectivity index (χ0) is 15.3. The highest BCUT2D eigenvalue weighted by atomic mass is 16.5. The van der Waals surface area contributed by atoms with Crippen LogP contribution < -0.4 is 4.74 Å². The van der Waals surface area contributed by atoms with E-state index in [0.717, 1.165) is 12.2 Å². The largest absolute Gasteiger partial charge is 0.508 e. The highest BCUT2D eigenvalue weighted by Gasteiger charge is 2.44. The summed E-state index contributed by atoms with van der Waals surface area (Å²) in [6.45, 7) is 6.35. The SMILES string of the molecule is CC1(C)CC(C)(c2ccc(O)cc2O)Oc2ccccc21. The lowest BCUT2D eigenvalue weighted by Crippen LogP contribution is -2.41. The van der Waals surface area contributed by atoms with Crippen LogP contribution in [-0.2, 0) is 11.0 Å². The zero-order valence-corrected chi connectivity index (χ0v) is 12.6. The topological polar surface area (TPSA) is 49.7 Å². The van der Waals surface area contributed by atoms with Crippen LogP contribution in [-0.4, -0.2) is 10.2 Å². The Labute approximate surface area is 124 Å². The third-order valence-electron chi connectivity index (χ3n) is 4.28. The van der Waals surface area contributed by atoms with Gasteiger partial charge in [0.05, 0.1) is 0 Å². The molecular weight excluding hydrogens is 264 g/mol. The lowest BCUT2D eigenvalue weighted by molar-refractivity contribution is 0.0304. The Morgan fingerprint density at radius 2 is 1.67 bits per heavy atom. The maximum absolute atomic E-state index is 10.2. The monoisotopic (exact) mass is 284 g/mol. The van der Waals surface area contributed by atoms with E-state index in [9.17, 15) is 10.2 Å². The highest BCUT2D eigenvalue weighted by molar-refractivity contribution is 5.47. The van der Waals surface area contributed by atoms with E-state index in [1.54, 1.807) is 12.1 Å². The Morgan fingerprint density at radius 3 is 2.38 bits per heavy atom.